The molecule has 1 saturated heterocycles. The number of hydrogen-bond donors (Lipinski definition) is 1. The molecule has 26 heavy (non-hydrogen) atoms. The van der Waals surface area contributed by atoms with Crippen molar-refractivity contribution in [1.29, 1.82) is 0 Å². The van der Waals surface area contributed by atoms with Gasteiger partial charge in [-0.3, -0.25) is 9.88 Å². The summed E-state index contributed by atoms with van der Waals surface area (Å²) in [4.78, 5) is 30.0. The van der Waals surface area contributed by atoms with Crippen molar-refractivity contribution in [1.82, 2.24) is 10.3 Å². The van der Waals surface area contributed by atoms with E-state index in [1.807, 2.05) is 6.07 Å². The van der Waals surface area contributed by atoms with Gasteiger partial charge in [0.15, 0.2) is 0 Å². The first-order valence-corrected chi connectivity index (χ1v) is 8.69. The highest BCUT2D eigenvalue weighted by Gasteiger charge is 2.47. The van der Waals surface area contributed by atoms with E-state index in [4.69, 9.17) is 14.2 Å². The fraction of sp³-hybridized carbons (Fsp3) is 0.500. The molecule has 0 bridgehead atoms. The van der Waals surface area contributed by atoms with Crippen molar-refractivity contribution in [3.63, 3.8) is 0 Å². The molecule has 0 aromatic carbocycles. The summed E-state index contributed by atoms with van der Waals surface area (Å²) >= 11 is 0. The van der Waals surface area contributed by atoms with Crippen molar-refractivity contribution in [2.75, 3.05) is 31.1 Å². The van der Waals surface area contributed by atoms with Gasteiger partial charge in [-0.2, -0.15) is 0 Å². The molecule has 2 aliphatic rings. The summed E-state index contributed by atoms with van der Waals surface area (Å²) in [6.45, 7) is 6.06. The molecule has 8 heteroatoms. The molecule has 0 radical (unpaired) electrons. The third-order valence-electron chi connectivity index (χ3n) is 3.96. The zero-order chi connectivity index (χ0) is 18.6. The molecule has 0 unspecified atom stereocenters. The Kier molecular flexibility index (Phi) is 5.41. The van der Waals surface area contributed by atoms with E-state index in [1.165, 1.54) is 0 Å². The predicted molar refractivity (Wildman–Crippen MR) is 93.5 cm³/mol. The van der Waals surface area contributed by atoms with Crippen molar-refractivity contribution in [2.45, 2.75) is 26.2 Å². The van der Waals surface area contributed by atoms with Crippen LogP contribution in [0.5, 0.6) is 5.75 Å². The lowest BCUT2D eigenvalue weighted by atomic mass is 10.2. The van der Waals surface area contributed by atoms with Crippen LogP contribution in [0.25, 0.3) is 0 Å². The molecule has 3 heterocycles. The van der Waals surface area contributed by atoms with Crippen LogP contribution in [0, 0.1) is 5.92 Å². The second-order valence-electron chi connectivity index (χ2n) is 6.65. The maximum absolute atomic E-state index is 12.0. The molecule has 140 valence electrons. The third-order valence-corrected chi connectivity index (χ3v) is 3.96. The minimum Gasteiger partial charge on any atom is -0.492 e. The van der Waals surface area contributed by atoms with Crippen LogP contribution in [0.2, 0.25) is 0 Å². The number of carbonyl (C=O) groups is 2. The lowest BCUT2D eigenvalue weighted by Crippen LogP contribution is -2.58. The van der Waals surface area contributed by atoms with Gasteiger partial charge in [-0.25, -0.2) is 9.59 Å². The number of aromatic nitrogens is 1. The molecule has 2 aliphatic heterocycles. The molecule has 0 atom stereocenters. The van der Waals surface area contributed by atoms with E-state index in [0.717, 1.165) is 18.6 Å². The van der Waals surface area contributed by atoms with Gasteiger partial charge in [0.25, 0.3) is 0 Å². The van der Waals surface area contributed by atoms with Crippen molar-refractivity contribution >= 4 is 17.6 Å². The first-order valence-electron chi connectivity index (χ1n) is 8.69. The molecule has 0 aliphatic carbocycles. The monoisotopic (exact) mass is 361 g/mol. The standard InChI is InChI=1S/C18H23N3O5/c1-13(2)11-24-15-8-14(9-20-10-15)21-7-3-6-19-12-18(21)25-16(22)4-5-17(23)26-18/h4-5,8-10,13,19H,3,6-7,11-12H2,1-2H3. The largest absolute Gasteiger partial charge is 0.492 e. The fourth-order valence-corrected chi connectivity index (χ4v) is 2.82. The predicted octanol–water partition coefficient (Wildman–Crippen LogP) is 1.23. The van der Waals surface area contributed by atoms with Gasteiger partial charge >= 0.3 is 17.8 Å². The number of nitrogens with one attached hydrogen (secondary N) is 1. The second kappa shape index (κ2) is 7.74. The van der Waals surface area contributed by atoms with Gasteiger partial charge in [0, 0.05) is 24.8 Å². The zero-order valence-corrected chi connectivity index (χ0v) is 14.9. The Morgan fingerprint density at radius 2 is 2.00 bits per heavy atom. The number of pyridine rings is 1. The number of hydrogen-bond acceptors (Lipinski definition) is 8. The highest BCUT2D eigenvalue weighted by molar-refractivity contribution is 5.93. The van der Waals surface area contributed by atoms with Crippen LogP contribution in [0.4, 0.5) is 5.69 Å². The van der Waals surface area contributed by atoms with Crippen molar-refractivity contribution in [3.05, 3.63) is 30.6 Å². The van der Waals surface area contributed by atoms with Crippen LogP contribution in [0.3, 0.4) is 0 Å². The lowest BCUT2D eigenvalue weighted by molar-refractivity contribution is -0.217. The van der Waals surface area contributed by atoms with Crippen LogP contribution in [-0.2, 0) is 19.1 Å². The number of nitrogens with zero attached hydrogens (tertiary/aromatic N) is 2. The summed E-state index contributed by atoms with van der Waals surface area (Å²) in [6, 6.07) is 1.81. The average Bonchev–Trinajstić information content (AvgIpc) is 2.89. The summed E-state index contributed by atoms with van der Waals surface area (Å²) in [5.41, 5.74) is 0.650. The Bertz CT molecular complexity index is 684. The van der Waals surface area contributed by atoms with Crippen molar-refractivity contribution in [3.8, 4) is 5.75 Å². The molecule has 0 amide bonds. The van der Waals surface area contributed by atoms with Crippen LogP contribution >= 0.6 is 0 Å². The first kappa shape index (κ1) is 18.2. The van der Waals surface area contributed by atoms with Crippen molar-refractivity contribution < 1.29 is 23.8 Å². The van der Waals surface area contributed by atoms with Gasteiger partial charge in [-0.1, -0.05) is 13.8 Å². The van der Waals surface area contributed by atoms with Crippen molar-refractivity contribution in [2.24, 2.45) is 5.92 Å². The van der Waals surface area contributed by atoms with E-state index in [0.29, 0.717) is 37.1 Å². The molecule has 0 saturated carbocycles. The highest BCUT2D eigenvalue weighted by atomic mass is 16.8. The summed E-state index contributed by atoms with van der Waals surface area (Å²) in [7, 11) is 0. The van der Waals surface area contributed by atoms with E-state index in [1.54, 1.807) is 17.3 Å². The van der Waals surface area contributed by atoms with Gasteiger partial charge < -0.3 is 19.5 Å². The average molecular weight is 361 g/mol. The molecular formula is C18H23N3O5. The molecule has 1 spiro atoms. The Hall–Kier alpha value is -2.61. The Morgan fingerprint density at radius 3 is 2.69 bits per heavy atom. The minimum atomic E-state index is -1.56. The second-order valence-corrected chi connectivity index (χ2v) is 6.65. The fourth-order valence-electron chi connectivity index (χ4n) is 2.82. The van der Waals surface area contributed by atoms with Crippen LogP contribution in [-0.4, -0.2) is 49.1 Å². The normalized spacial score (nSPS) is 19.7. The summed E-state index contributed by atoms with van der Waals surface area (Å²) < 4.78 is 16.8. The topological polar surface area (TPSA) is 90.0 Å². The van der Waals surface area contributed by atoms with E-state index in [-0.39, 0.29) is 6.54 Å². The quantitative estimate of drug-likeness (QED) is 0.801. The van der Waals surface area contributed by atoms with E-state index in [9.17, 15) is 9.59 Å². The lowest BCUT2D eigenvalue weighted by Gasteiger charge is -2.40. The highest BCUT2D eigenvalue weighted by Crippen LogP contribution is 2.31. The maximum atomic E-state index is 12.0. The molecule has 1 aromatic rings. The van der Waals surface area contributed by atoms with Gasteiger partial charge in [0.2, 0.25) is 0 Å². The molecule has 1 fully saturated rings. The summed E-state index contributed by atoms with van der Waals surface area (Å²) in [6.07, 6.45) is 6.18. The van der Waals surface area contributed by atoms with Gasteiger partial charge in [-0.05, 0) is 18.9 Å². The summed E-state index contributed by atoms with van der Waals surface area (Å²) in [5, 5.41) is 3.16. The zero-order valence-electron chi connectivity index (χ0n) is 14.9. The molecule has 8 nitrogen and oxygen atoms in total. The van der Waals surface area contributed by atoms with Gasteiger partial charge in [-0.15, -0.1) is 0 Å². The number of anilines is 1. The van der Waals surface area contributed by atoms with E-state index < -0.39 is 17.8 Å². The van der Waals surface area contributed by atoms with E-state index in [2.05, 4.69) is 24.1 Å². The number of esters is 2. The number of rotatable bonds is 4. The Balaban J connectivity index is 1.93. The number of ether oxygens (including phenoxy) is 3. The smallest absolute Gasteiger partial charge is 0.356 e. The third kappa shape index (κ3) is 4.13. The molecule has 1 N–H and O–H groups in total. The molecular weight excluding hydrogens is 338 g/mol. The molecule has 3 rings (SSSR count). The van der Waals surface area contributed by atoms with Gasteiger partial charge in [0.1, 0.15) is 5.75 Å². The SMILES string of the molecule is CC(C)COc1cncc(N2CCCNCC23OC(=O)C=CC(=O)O3)c1. The van der Waals surface area contributed by atoms with Gasteiger partial charge in [0.05, 0.1) is 31.2 Å². The van der Waals surface area contributed by atoms with E-state index >= 15 is 0 Å². The Morgan fingerprint density at radius 1 is 1.27 bits per heavy atom. The maximum Gasteiger partial charge on any atom is 0.356 e. The first-order chi connectivity index (χ1) is 12.5. The van der Waals surface area contributed by atoms with Crippen LogP contribution in [0.1, 0.15) is 20.3 Å². The summed E-state index contributed by atoms with van der Waals surface area (Å²) in [5.74, 6) is -1.85. The Labute approximate surface area is 152 Å². The van der Waals surface area contributed by atoms with Crippen LogP contribution in [0.15, 0.2) is 30.6 Å². The molecule has 1 aromatic heterocycles. The van der Waals surface area contributed by atoms with Crippen LogP contribution < -0.4 is 15.0 Å². The minimum absolute atomic E-state index is 0.156. The number of carbonyl (C=O) groups excluding carboxylic acids is 2.